The summed E-state index contributed by atoms with van der Waals surface area (Å²) in [5, 5.41) is 12.5. The molecule has 31 heavy (non-hydrogen) atoms. The first-order chi connectivity index (χ1) is 15.0. The van der Waals surface area contributed by atoms with E-state index in [0.29, 0.717) is 24.0 Å². The van der Waals surface area contributed by atoms with Gasteiger partial charge in [0.05, 0.1) is 35.5 Å². The summed E-state index contributed by atoms with van der Waals surface area (Å²) >= 11 is 0. The van der Waals surface area contributed by atoms with Gasteiger partial charge in [0.25, 0.3) is 11.8 Å². The zero-order valence-electron chi connectivity index (χ0n) is 17.0. The van der Waals surface area contributed by atoms with Gasteiger partial charge in [-0.25, -0.2) is 0 Å². The number of hydrogen-bond donors (Lipinski definition) is 2. The van der Waals surface area contributed by atoms with E-state index in [1.54, 1.807) is 24.3 Å². The standard InChI is InChI=1S/C24H24N2O5/c27-21(16-10-4-7-13-19(16)24(30)31)25-20(15-8-2-1-3-9-15)14-26-22(28)17-11-5-6-12-18(17)23(26)29/h1-3,5-6,8-9,11-12,16,19-20H,4,7,10,13-14H2,(H,25,27)(H,30,31)/t16-,19+,20?/m1/s1. The Kier molecular flexibility index (Phi) is 5.84. The van der Waals surface area contributed by atoms with Gasteiger partial charge in [0, 0.05) is 0 Å². The lowest BCUT2D eigenvalue weighted by molar-refractivity contribution is -0.149. The third kappa shape index (κ3) is 4.08. The molecule has 160 valence electrons. The zero-order valence-corrected chi connectivity index (χ0v) is 17.0. The lowest BCUT2D eigenvalue weighted by atomic mass is 9.78. The minimum absolute atomic E-state index is 0.0213. The maximum Gasteiger partial charge on any atom is 0.307 e. The summed E-state index contributed by atoms with van der Waals surface area (Å²) in [6.45, 7) is -0.0213. The van der Waals surface area contributed by atoms with Crippen molar-refractivity contribution < 1.29 is 24.3 Å². The van der Waals surface area contributed by atoms with E-state index < -0.39 is 35.7 Å². The highest BCUT2D eigenvalue weighted by atomic mass is 16.4. The van der Waals surface area contributed by atoms with Gasteiger partial charge in [-0.3, -0.25) is 24.1 Å². The Morgan fingerprint density at radius 1 is 0.903 bits per heavy atom. The number of rotatable bonds is 6. The van der Waals surface area contributed by atoms with Crippen LogP contribution in [0.4, 0.5) is 0 Å². The van der Waals surface area contributed by atoms with Crippen molar-refractivity contribution >= 4 is 23.7 Å². The summed E-state index contributed by atoms with van der Waals surface area (Å²) in [6.07, 6.45) is 2.58. The molecule has 2 N–H and O–H groups in total. The Bertz CT molecular complexity index is 985. The number of nitrogens with one attached hydrogen (secondary N) is 1. The van der Waals surface area contributed by atoms with Crippen LogP contribution in [-0.2, 0) is 9.59 Å². The third-order valence-electron chi connectivity index (χ3n) is 6.18. The number of amides is 3. The van der Waals surface area contributed by atoms with Crippen molar-refractivity contribution in [3.63, 3.8) is 0 Å². The van der Waals surface area contributed by atoms with E-state index in [-0.39, 0.29) is 12.5 Å². The van der Waals surface area contributed by atoms with Gasteiger partial charge >= 0.3 is 5.97 Å². The van der Waals surface area contributed by atoms with Gasteiger partial charge in [-0.15, -0.1) is 0 Å². The second-order valence-corrected chi connectivity index (χ2v) is 8.07. The molecule has 1 unspecified atom stereocenters. The molecule has 7 nitrogen and oxygen atoms in total. The van der Waals surface area contributed by atoms with Crippen molar-refractivity contribution in [1.29, 1.82) is 0 Å². The molecular formula is C24H24N2O5. The van der Waals surface area contributed by atoms with Gasteiger partial charge in [-0.05, 0) is 30.5 Å². The van der Waals surface area contributed by atoms with E-state index in [0.717, 1.165) is 23.3 Å². The molecule has 2 aliphatic rings. The average Bonchev–Trinajstić information content (AvgIpc) is 3.04. The molecule has 3 amide bonds. The molecule has 3 atom stereocenters. The Hall–Kier alpha value is -3.48. The molecule has 7 heteroatoms. The third-order valence-corrected chi connectivity index (χ3v) is 6.18. The Labute approximate surface area is 180 Å². The predicted octanol–water partition coefficient (Wildman–Crippen LogP) is 3.03. The number of imide groups is 1. The Morgan fingerprint density at radius 3 is 2.03 bits per heavy atom. The fourth-order valence-corrected chi connectivity index (χ4v) is 4.53. The highest BCUT2D eigenvalue weighted by Gasteiger charge is 2.39. The lowest BCUT2D eigenvalue weighted by Crippen LogP contribution is -2.45. The van der Waals surface area contributed by atoms with Crippen molar-refractivity contribution in [1.82, 2.24) is 10.2 Å². The normalized spacial score (nSPS) is 21.5. The van der Waals surface area contributed by atoms with Crippen molar-refractivity contribution in [2.24, 2.45) is 11.8 Å². The van der Waals surface area contributed by atoms with E-state index in [1.165, 1.54) is 0 Å². The fraction of sp³-hybridized carbons (Fsp3) is 0.333. The van der Waals surface area contributed by atoms with Crippen LogP contribution in [-0.4, -0.2) is 40.2 Å². The highest BCUT2D eigenvalue weighted by Crippen LogP contribution is 2.32. The molecule has 0 bridgehead atoms. The summed E-state index contributed by atoms with van der Waals surface area (Å²) < 4.78 is 0. The zero-order chi connectivity index (χ0) is 22.0. The molecule has 0 radical (unpaired) electrons. The van der Waals surface area contributed by atoms with Crippen molar-refractivity contribution in [3.8, 4) is 0 Å². The topological polar surface area (TPSA) is 104 Å². The number of carboxylic acid groups (broad SMARTS) is 1. The minimum atomic E-state index is -0.962. The summed E-state index contributed by atoms with van der Waals surface area (Å²) in [6, 6.07) is 15.1. The molecule has 1 heterocycles. The molecule has 0 saturated heterocycles. The van der Waals surface area contributed by atoms with Crippen LogP contribution < -0.4 is 5.32 Å². The van der Waals surface area contributed by atoms with Crippen LogP contribution in [0.5, 0.6) is 0 Å². The molecule has 0 aromatic heterocycles. The summed E-state index contributed by atoms with van der Waals surface area (Å²) in [5.41, 5.74) is 1.45. The van der Waals surface area contributed by atoms with Crippen LogP contribution in [0.25, 0.3) is 0 Å². The predicted molar refractivity (Wildman–Crippen MR) is 112 cm³/mol. The first kappa shape index (κ1) is 20.8. The average molecular weight is 420 g/mol. The first-order valence-electron chi connectivity index (χ1n) is 10.5. The number of nitrogens with zero attached hydrogens (tertiary/aromatic N) is 1. The van der Waals surface area contributed by atoms with Gasteiger partial charge in [0.1, 0.15) is 0 Å². The Balaban J connectivity index is 1.58. The van der Waals surface area contributed by atoms with Gasteiger partial charge in [-0.2, -0.15) is 0 Å². The van der Waals surface area contributed by atoms with Gasteiger partial charge < -0.3 is 10.4 Å². The van der Waals surface area contributed by atoms with Crippen LogP contribution in [0.3, 0.4) is 0 Å². The van der Waals surface area contributed by atoms with Crippen LogP contribution in [0.2, 0.25) is 0 Å². The first-order valence-corrected chi connectivity index (χ1v) is 10.5. The minimum Gasteiger partial charge on any atom is -0.481 e. The van der Waals surface area contributed by atoms with E-state index in [9.17, 15) is 24.3 Å². The number of carboxylic acids is 1. The maximum atomic E-state index is 13.1. The monoisotopic (exact) mass is 420 g/mol. The maximum absolute atomic E-state index is 13.1. The molecular weight excluding hydrogens is 396 g/mol. The smallest absolute Gasteiger partial charge is 0.307 e. The second kappa shape index (κ2) is 8.71. The quantitative estimate of drug-likeness (QED) is 0.699. The summed E-state index contributed by atoms with van der Waals surface area (Å²) in [5.74, 6) is -3.44. The number of carbonyl (C=O) groups excluding carboxylic acids is 3. The van der Waals surface area contributed by atoms with Crippen molar-refractivity contribution in [3.05, 3.63) is 71.3 Å². The van der Waals surface area contributed by atoms with Gasteiger partial charge in [-0.1, -0.05) is 55.3 Å². The van der Waals surface area contributed by atoms with E-state index in [4.69, 9.17) is 0 Å². The van der Waals surface area contributed by atoms with E-state index in [2.05, 4.69) is 5.32 Å². The summed E-state index contributed by atoms with van der Waals surface area (Å²) in [4.78, 5) is 51.5. The molecule has 1 fully saturated rings. The van der Waals surface area contributed by atoms with Crippen LogP contribution >= 0.6 is 0 Å². The van der Waals surface area contributed by atoms with E-state index >= 15 is 0 Å². The molecule has 2 aromatic rings. The largest absolute Gasteiger partial charge is 0.481 e. The molecule has 2 aromatic carbocycles. The Morgan fingerprint density at radius 2 is 1.45 bits per heavy atom. The number of aliphatic carboxylic acids is 1. The number of benzene rings is 2. The molecule has 1 saturated carbocycles. The van der Waals surface area contributed by atoms with Gasteiger partial charge in [0.15, 0.2) is 0 Å². The fourth-order valence-electron chi connectivity index (χ4n) is 4.53. The van der Waals surface area contributed by atoms with Crippen molar-refractivity contribution in [2.75, 3.05) is 6.54 Å². The molecule has 4 rings (SSSR count). The SMILES string of the molecule is O=C(O)[C@H]1CCCC[C@H]1C(=O)NC(CN1C(=O)c2ccccc2C1=O)c1ccccc1. The van der Waals surface area contributed by atoms with E-state index in [1.807, 2.05) is 30.3 Å². The second-order valence-electron chi connectivity index (χ2n) is 8.07. The van der Waals surface area contributed by atoms with Crippen molar-refractivity contribution in [2.45, 2.75) is 31.7 Å². The number of fused-ring (bicyclic) bond motifs is 1. The number of carbonyl (C=O) groups is 4. The molecule has 1 aliphatic heterocycles. The van der Waals surface area contributed by atoms with Crippen LogP contribution in [0, 0.1) is 11.8 Å². The molecule has 0 spiro atoms. The molecule has 1 aliphatic carbocycles. The van der Waals surface area contributed by atoms with Crippen LogP contribution in [0.1, 0.15) is 58.0 Å². The van der Waals surface area contributed by atoms with Crippen LogP contribution in [0.15, 0.2) is 54.6 Å². The lowest BCUT2D eigenvalue weighted by Gasteiger charge is -2.30. The number of hydrogen-bond acceptors (Lipinski definition) is 4. The highest BCUT2D eigenvalue weighted by molar-refractivity contribution is 6.21. The summed E-state index contributed by atoms with van der Waals surface area (Å²) in [7, 11) is 0. The van der Waals surface area contributed by atoms with Gasteiger partial charge in [0.2, 0.25) is 5.91 Å².